The van der Waals surface area contributed by atoms with E-state index in [2.05, 4.69) is 5.32 Å². The highest BCUT2D eigenvalue weighted by Crippen LogP contribution is 2.28. The van der Waals surface area contributed by atoms with Crippen LogP contribution in [0.5, 0.6) is 0 Å². The van der Waals surface area contributed by atoms with E-state index in [1.165, 1.54) is 12.1 Å². The Balaban J connectivity index is 2.18. The molecule has 1 aliphatic heterocycles. The van der Waals surface area contributed by atoms with Crippen molar-refractivity contribution >= 4 is 0 Å². The number of nitrogens with one attached hydrogen (secondary N) is 1. The second-order valence-corrected chi connectivity index (χ2v) is 4.40. The Morgan fingerprint density at radius 3 is 3.00 bits per heavy atom. The molecule has 1 aromatic carbocycles. The van der Waals surface area contributed by atoms with Gasteiger partial charge in [-0.2, -0.15) is 5.26 Å². The molecular formula is C13H15FN2O. The van der Waals surface area contributed by atoms with Crippen LogP contribution < -0.4 is 5.32 Å². The van der Waals surface area contributed by atoms with Crippen LogP contribution in [0, 0.1) is 23.1 Å². The predicted molar refractivity (Wildman–Crippen MR) is 61.7 cm³/mol. The molecular weight excluding hydrogens is 219 g/mol. The van der Waals surface area contributed by atoms with E-state index in [-0.39, 0.29) is 11.5 Å². The van der Waals surface area contributed by atoms with E-state index in [1.54, 1.807) is 12.1 Å². The van der Waals surface area contributed by atoms with Gasteiger partial charge >= 0.3 is 0 Å². The fourth-order valence-corrected chi connectivity index (χ4v) is 2.23. The van der Waals surface area contributed by atoms with Crippen LogP contribution in [0.4, 0.5) is 4.39 Å². The Hall–Kier alpha value is -1.44. The number of aliphatic hydroxyl groups is 1. The van der Waals surface area contributed by atoms with Gasteiger partial charge in [0.05, 0.1) is 11.7 Å². The van der Waals surface area contributed by atoms with Crippen LogP contribution in [0.1, 0.15) is 30.1 Å². The van der Waals surface area contributed by atoms with Gasteiger partial charge in [0.25, 0.3) is 0 Å². The van der Waals surface area contributed by atoms with Gasteiger partial charge in [0.2, 0.25) is 0 Å². The fourth-order valence-electron chi connectivity index (χ4n) is 2.23. The minimum Gasteiger partial charge on any atom is -0.388 e. The van der Waals surface area contributed by atoms with Gasteiger partial charge in [-0.1, -0.05) is 6.07 Å². The van der Waals surface area contributed by atoms with E-state index in [0.717, 1.165) is 25.9 Å². The van der Waals surface area contributed by atoms with Crippen LogP contribution in [-0.4, -0.2) is 18.2 Å². The molecule has 2 rings (SSSR count). The van der Waals surface area contributed by atoms with Gasteiger partial charge in [0, 0.05) is 12.5 Å². The highest BCUT2D eigenvalue weighted by Gasteiger charge is 2.23. The molecule has 2 N–H and O–H groups in total. The average Bonchev–Trinajstić information content (AvgIpc) is 2.39. The van der Waals surface area contributed by atoms with Crippen LogP contribution >= 0.6 is 0 Å². The van der Waals surface area contributed by atoms with Crippen LogP contribution in [0.3, 0.4) is 0 Å². The molecule has 90 valence electrons. The number of aliphatic hydroxyl groups excluding tert-OH is 1. The number of halogens is 1. The molecule has 0 bridgehead atoms. The summed E-state index contributed by atoms with van der Waals surface area (Å²) in [5, 5.41) is 22.2. The standard InChI is InChI=1S/C13H15FN2O/c14-12-4-3-9(6-11(12)7-15)13(17)10-2-1-5-16-8-10/h3-4,6,10,13,16-17H,1-2,5,8H2. The van der Waals surface area contributed by atoms with Crippen molar-refractivity contribution in [3.63, 3.8) is 0 Å². The molecule has 0 radical (unpaired) electrons. The van der Waals surface area contributed by atoms with Crippen LogP contribution in [0.15, 0.2) is 18.2 Å². The van der Waals surface area contributed by atoms with Gasteiger partial charge in [0.1, 0.15) is 11.9 Å². The van der Waals surface area contributed by atoms with Crippen molar-refractivity contribution in [3.05, 3.63) is 35.1 Å². The second kappa shape index (κ2) is 5.26. The summed E-state index contributed by atoms with van der Waals surface area (Å²) in [6, 6.07) is 6.03. The Bertz CT molecular complexity index is 436. The SMILES string of the molecule is N#Cc1cc(C(O)C2CCCNC2)ccc1F. The second-order valence-electron chi connectivity index (χ2n) is 4.40. The minimum absolute atomic E-state index is 0.00896. The van der Waals surface area contributed by atoms with Crippen molar-refractivity contribution in [2.75, 3.05) is 13.1 Å². The maximum absolute atomic E-state index is 13.2. The maximum Gasteiger partial charge on any atom is 0.140 e. The molecule has 2 unspecified atom stereocenters. The van der Waals surface area contributed by atoms with E-state index in [1.807, 2.05) is 0 Å². The van der Waals surface area contributed by atoms with E-state index >= 15 is 0 Å². The van der Waals surface area contributed by atoms with Crippen molar-refractivity contribution in [3.8, 4) is 6.07 Å². The summed E-state index contributed by atoms with van der Waals surface area (Å²) in [7, 11) is 0. The Kier molecular flexibility index (Phi) is 3.72. The molecule has 2 atom stereocenters. The average molecular weight is 234 g/mol. The van der Waals surface area contributed by atoms with Gasteiger partial charge in [-0.15, -0.1) is 0 Å². The van der Waals surface area contributed by atoms with Gasteiger partial charge in [-0.3, -0.25) is 0 Å². The Morgan fingerprint density at radius 1 is 1.53 bits per heavy atom. The smallest absolute Gasteiger partial charge is 0.140 e. The zero-order valence-electron chi connectivity index (χ0n) is 9.49. The van der Waals surface area contributed by atoms with Crippen molar-refractivity contribution in [2.24, 2.45) is 5.92 Å². The molecule has 1 aliphatic rings. The highest BCUT2D eigenvalue weighted by atomic mass is 19.1. The number of rotatable bonds is 2. The lowest BCUT2D eigenvalue weighted by Crippen LogP contribution is -2.33. The summed E-state index contributed by atoms with van der Waals surface area (Å²) in [5.74, 6) is -0.397. The maximum atomic E-state index is 13.2. The largest absolute Gasteiger partial charge is 0.388 e. The van der Waals surface area contributed by atoms with Crippen LogP contribution in [-0.2, 0) is 0 Å². The predicted octanol–water partition coefficient (Wildman–Crippen LogP) is 1.73. The molecule has 0 aliphatic carbocycles. The summed E-state index contributed by atoms with van der Waals surface area (Å²) < 4.78 is 13.2. The van der Waals surface area contributed by atoms with E-state index in [4.69, 9.17) is 5.26 Å². The number of nitriles is 1. The third kappa shape index (κ3) is 2.63. The van der Waals surface area contributed by atoms with E-state index < -0.39 is 11.9 Å². The third-order valence-corrected chi connectivity index (χ3v) is 3.23. The van der Waals surface area contributed by atoms with Gasteiger partial charge in [-0.05, 0) is 37.1 Å². The third-order valence-electron chi connectivity index (χ3n) is 3.23. The van der Waals surface area contributed by atoms with Gasteiger partial charge < -0.3 is 10.4 Å². The summed E-state index contributed by atoms with van der Waals surface area (Å²) in [4.78, 5) is 0. The van der Waals surface area contributed by atoms with E-state index in [0.29, 0.717) is 5.56 Å². The lowest BCUT2D eigenvalue weighted by Gasteiger charge is -2.27. The number of hydrogen-bond acceptors (Lipinski definition) is 3. The summed E-state index contributed by atoms with van der Waals surface area (Å²) in [6.45, 7) is 1.75. The van der Waals surface area contributed by atoms with Crippen molar-refractivity contribution in [2.45, 2.75) is 18.9 Å². The van der Waals surface area contributed by atoms with E-state index in [9.17, 15) is 9.50 Å². The molecule has 17 heavy (non-hydrogen) atoms. The first-order valence-corrected chi connectivity index (χ1v) is 5.80. The summed E-state index contributed by atoms with van der Waals surface area (Å²) >= 11 is 0. The molecule has 3 nitrogen and oxygen atoms in total. The van der Waals surface area contributed by atoms with Crippen molar-refractivity contribution < 1.29 is 9.50 Å². The lowest BCUT2D eigenvalue weighted by atomic mass is 9.89. The van der Waals surface area contributed by atoms with Crippen LogP contribution in [0.2, 0.25) is 0 Å². The molecule has 4 heteroatoms. The number of piperidine rings is 1. The molecule has 1 aromatic rings. The van der Waals surface area contributed by atoms with Gasteiger partial charge in [-0.25, -0.2) is 4.39 Å². The topological polar surface area (TPSA) is 56.0 Å². The molecule has 0 saturated carbocycles. The van der Waals surface area contributed by atoms with Crippen molar-refractivity contribution in [1.82, 2.24) is 5.32 Å². The van der Waals surface area contributed by atoms with Gasteiger partial charge in [0.15, 0.2) is 0 Å². The first kappa shape index (κ1) is 12.0. The first-order valence-electron chi connectivity index (χ1n) is 5.80. The highest BCUT2D eigenvalue weighted by molar-refractivity contribution is 5.35. The molecule has 1 heterocycles. The molecule has 1 fully saturated rings. The number of hydrogen-bond donors (Lipinski definition) is 2. The molecule has 0 amide bonds. The number of benzene rings is 1. The lowest BCUT2D eigenvalue weighted by molar-refractivity contribution is 0.0921. The molecule has 0 spiro atoms. The monoisotopic (exact) mass is 234 g/mol. The fraction of sp³-hybridized carbons (Fsp3) is 0.462. The number of nitrogens with zero attached hydrogens (tertiary/aromatic N) is 1. The Morgan fingerprint density at radius 2 is 2.35 bits per heavy atom. The minimum atomic E-state index is -0.629. The normalized spacial score (nSPS) is 21.8. The van der Waals surface area contributed by atoms with Crippen molar-refractivity contribution in [1.29, 1.82) is 5.26 Å². The first-order chi connectivity index (χ1) is 8.22. The molecule has 0 aromatic heterocycles. The summed E-state index contributed by atoms with van der Waals surface area (Å²) in [6.07, 6.45) is 1.36. The molecule has 1 saturated heterocycles. The van der Waals surface area contributed by atoms with Crippen LogP contribution in [0.25, 0.3) is 0 Å². The zero-order valence-corrected chi connectivity index (χ0v) is 9.49. The quantitative estimate of drug-likeness (QED) is 0.819. The summed E-state index contributed by atoms with van der Waals surface area (Å²) in [5.41, 5.74) is 0.613. The Labute approximate surface area is 99.9 Å². The zero-order chi connectivity index (χ0) is 12.3.